The van der Waals surface area contributed by atoms with E-state index >= 15 is 0 Å². The van der Waals surface area contributed by atoms with Crippen molar-refractivity contribution in [3.63, 3.8) is 0 Å². The van der Waals surface area contributed by atoms with Gasteiger partial charge in [0.05, 0.1) is 13.2 Å². The fraction of sp³-hybridized carbons (Fsp3) is 0.200. The van der Waals surface area contributed by atoms with Gasteiger partial charge in [-0.1, -0.05) is 35.3 Å². The summed E-state index contributed by atoms with van der Waals surface area (Å²) in [5, 5.41) is 12.5. The minimum atomic E-state index is 0.0363. The van der Waals surface area contributed by atoms with E-state index in [1.165, 1.54) is 5.54 Å². The molecule has 0 bridgehead atoms. The molecule has 0 aliphatic heterocycles. The number of rotatable bonds is 4. The second kappa shape index (κ2) is 5.91. The molecule has 1 aromatic carbocycles. The maximum Gasteiger partial charge on any atom is 0.0682 e. The molecule has 0 aliphatic carbocycles. The van der Waals surface area contributed by atoms with Crippen LogP contribution >= 0.6 is 23.2 Å². The van der Waals surface area contributed by atoms with Crippen LogP contribution < -0.4 is 5.32 Å². The number of hydrogen-bond donors (Lipinski definition) is 2. The van der Waals surface area contributed by atoms with Crippen molar-refractivity contribution >= 4 is 28.9 Å². The normalized spacial score (nSPS) is 11.5. The van der Waals surface area contributed by atoms with Crippen LogP contribution in [-0.2, 0) is 6.61 Å². The molecule has 0 heterocycles. The van der Waals surface area contributed by atoms with E-state index in [1.54, 1.807) is 0 Å². The van der Waals surface area contributed by atoms with Gasteiger partial charge in [0.2, 0.25) is 0 Å². The maximum atomic E-state index is 8.90. The fourth-order valence-electron chi connectivity index (χ4n) is 1.00. The Balaban J connectivity index is 2.58. The third-order valence-corrected chi connectivity index (χ3v) is 2.31. The highest BCUT2D eigenvalue weighted by Crippen LogP contribution is 2.12. The Morgan fingerprint density at radius 2 is 2.29 bits per heavy atom. The smallest absolute Gasteiger partial charge is 0.0682 e. The Labute approximate surface area is 93.2 Å². The van der Waals surface area contributed by atoms with Crippen LogP contribution in [0.25, 0.3) is 0 Å². The van der Waals surface area contributed by atoms with E-state index in [0.29, 0.717) is 11.6 Å². The van der Waals surface area contributed by atoms with Gasteiger partial charge in [0.15, 0.2) is 0 Å². The summed E-state index contributed by atoms with van der Waals surface area (Å²) in [6.07, 6.45) is 0. The molecule has 0 spiro atoms. The van der Waals surface area contributed by atoms with E-state index in [4.69, 9.17) is 28.3 Å². The average Bonchev–Trinajstić information content (AvgIpc) is 2.26. The van der Waals surface area contributed by atoms with E-state index in [0.717, 1.165) is 11.3 Å². The Morgan fingerprint density at radius 1 is 1.50 bits per heavy atom. The van der Waals surface area contributed by atoms with Crippen molar-refractivity contribution < 1.29 is 5.11 Å². The van der Waals surface area contributed by atoms with Crippen LogP contribution in [0.15, 0.2) is 34.8 Å². The van der Waals surface area contributed by atoms with Crippen molar-refractivity contribution in [1.29, 1.82) is 0 Å². The van der Waals surface area contributed by atoms with Gasteiger partial charge in [-0.15, -0.1) is 0 Å². The lowest BCUT2D eigenvalue weighted by molar-refractivity contribution is 0.282. The van der Waals surface area contributed by atoms with Crippen LogP contribution in [-0.4, -0.2) is 11.7 Å². The molecule has 1 rings (SSSR count). The molecule has 0 unspecified atom stereocenters. The lowest BCUT2D eigenvalue weighted by Gasteiger charge is -2.06. The van der Waals surface area contributed by atoms with Crippen LogP contribution in [0, 0.1) is 0 Å². The zero-order valence-electron chi connectivity index (χ0n) is 7.50. The summed E-state index contributed by atoms with van der Waals surface area (Å²) in [6, 6.07) is 7.48. The molecule has 0 saturated carbocycles. The first-order chi connectivity index (χ1) is 6.76. The van der Waals surface area contributed by atoms with E-state index in [9.17, 15) is 0 Å². The van der Waals surface area contributed by atoms with Crippen molar-refractivity contribution in [2.75, 3.05) is 11.9 Å². The molecule has 0 saturated heterocycles. The number of halogens is 2. The molecular weight excluding hydrogens is 221 g/mol. The zero-order valence-corrected chi connectivity index (χ0v) is 9.02. The molecule has 2 N–H and O–H groups in total. The summed E-state index contributed by atoms with van der Waals surface area (Å²) in [6.45, 7) is 0.522. The largest absolute Gasteiger partial charge is 0.392 e. The second-order valence-corrected chi connectivity index (χ2v) is 3.47. The predicted molar refractivity (Wildman–Crippen MR) is 60.6 cm³/mol. The molecule has 0 aliphatic rings. The molecule has 0 fully saturated rings. The predicted octanol–water partition coefficient (Wildman–Crippen LogP) is 2.91. The summed E-state index contributed by atoms with van der Waals surface area (Å²) >= 11 is 11.1. The molecule has 76 valence electrons. The number of aliphatic hydroxyl groups is 1. The first-order valence-corrected chi connectivity index (χ1v) is 4.96. The summed E-state index contributed by atoms with van der Waals surface area (Å²) in [7, 11) is 0. The minimum Gasteiger partial charge on any atom is -0.392 e. The average molecular weight is 232 g/mol. The summed E-state index contributed by atoms with van der Waals surface area (Å²) < 4.78 is 0. The minimum absolute atomic E-state index is 0.0363. The van der Waals surface area contributed by atoms with Crippen LogP contribution in [0.3, 0.4) is 0 Å². The first kappa shape index (κ1) is 11.4. The maximum absolute atomic E-state index is 8.90. The summed E-state index contributed by atoms with van der Waals surface area (Å²) in [5.41, 5.74) is 3.10. The molecule has 2 nitrogen and oxygen atoms in total. The van der Waals surface area contributed by atoms with Crippen LogP contribution in [0.1, 0.15) is 5.56 Å². The third-order valence-electron chi connectivity index (χ3n) is 1.69. The topological polar surface area (TPSA) is 32.3 Å². The number of nitrogens with one attached hydrogen (secondary N) is 1. The highest BCUT2D eigenvalue weighted by Gasteiger charge is 1.95. The molecule has 4 heteroatoms. The first-order valence-electron chi connectivity index (χ1n) is 4.14. The molecule has 0 radical (unpaired) electrons. The molecular formula is C10H11Cl2NO. The number of anilines is 1. The number of benzene rings is 1. The van der Waals surface area contributed by atoms with Gasteiger partial charge in [-0.05, 0) is 17.7 Å². The van der Waals surface area contributed by atoms with Crippen LogP contribution in [0.4, 0.5) is 5.69 Å². The van der Waals surface area contributed by atoms with Crippen molar-refractivity contribution in [3.05, 3.63) is 40.4 Å². The van der Waals surface area contributed by atoms with Gasteiger partial charge in [0.25, 0.3) is 0 Å². The number of aliphatic hydroxyl groups excluding tert-OH is 1. The highest BCUT2D eigenvalue weighted by molar-refractivity contribution is 6.36. The third kappa shape index (κ3) is 3.58. The van der Waals surface area contributed by atoms with Gasteiger partial charge >= 0.3 is 0 Å². The van der Waals surface area contributed by atoms with E-state index in [1.807, 2.05) is 24.3 Å². The number of hydrogen-bond acceptors (Lipinski definition) is 2. The van der Waals surface area contributed by atoms with Crippen LogP contribution in [0.5, 0.6) is 0 Å². The Morgan fingerprint density at radius 3 is 2.93 bits per heavy atom. The van der Waals surface area contributed by atoms with Gasteiger partial charge in [-0.3, -0.25) is 0 Å². The fourth-order valence-corrected chi connectivity index (χ4v) is 1.15. The second-order valence-electron chi connectivity index (χ2n) is 2.77. The van der Waals surface area contributed by atoms with Gasteiger partial charge < -0.3 is 10.4 Å². The zero-order chi connectivity index (χ0) is 10.4. The molecule has 0 amide bonds. The Kier molecular flexibility index (Phi) is 4.80. The SMILES string of the molecule is OCc1cccc(NC/C(Cl)=C/Cl)c1. The molecule has 0 aromatic heterocycles. The van der Waals surface area contributed by atoms with Crippen molar-refractivity contribution in [2.24, 2.45) is 0 Å². The summed E-state index contributed by atoms with van der Waals surface area (Å²) in [5.74, 6) is 0. The van der Waals surface area contributed by atoms with E-state index in [2.05, 4.69) is 5.32 Å². The van der Waals surface area contributed by atoms with Crippen molar-refractivity contribution in [3.8, 4) is 0 Å². The lowest BCUT2D eigenvalue weighted by atomic mass is 10.2. The van der Waals surface area contributed by atoms with Gasteiger partial charge in [-0.25, -0.2) is 0 Å². The Hall–Kier alpha value is -0.700. The van der Waals surface area contributed by atoms with Crippen molar-refractivity contribution in [2.45, 2.75) is 6.61 Å². The van der Waals surface area contributed by atoms with Gasteiger partial charge in [-0.2, -0.15) is 0 Å². The van der Waals surface area contributed by atoms with E-state index in [-0.39, 0.29) is 6.61 Å². The van der Waals surface area contributed by atoms with E-state index < -0.39 is 0 Å². The van der Waals surface area contributed by atoms with Crippen molar-refractivity contribution in [1.82, 2.24) is 0 Å². The summed E-state index contributed by atoms with van der Waals surface area (Å²) in [4.78, 5) is 0. The quantitative estimate of drug-likeness (QED) is 0.836. The highest BCUT2D eigenvalue weighted by atomic mass is 35.5. The Bertz CT molecular complexity index is 326. The van der Waals surface area contributed by atoms with Gasteiger partial charge in [0.1, 0.15) is 0 Å². The molecule has 14 heavy (non-hydrogen) atoms. The van der Waals surface area contributed by atoms with Crippen LogP contribution in [0.2, 0.25) is 0 Å². The molecule has 0 atom stereocenters. The van der Waals surface area contributed by atoms with Gasteiger partial charge in [0, 0.05) is 16.3 Å². The molecule has 1 aromatic rings. The standard InChI is InChI=1S/C10H11Cl2NO/c11-5-9(12)6-13-10-3-1-2-8(4-10)7-14/h1-5,13-14H,6-7H2/b9-5-. The monoisotopic (exact) mass is 231 g/mol. The lowest BCUT2D eigenvalue weighted by Crippen LogP contribution is -2.01.